The first kappa shape index (κ1) is 8.81. The molecule has 0 bridgehead atoms. The molecule has 2 saturated heterocycles. The highest BCUT2D eigenvalue weighted by Gasteiger charge is 2.43. The first-order valence-corrected chi connectivity index (χ1v) is 4.78. The predicted molar refractivity (Wildman–Crippen MR) is 48.8 cm³/mol. The monoisotopic (exact) mass is 184 g/mol. The second-order valence-corrected chi connectivity index (χ2v) is 4.44. The lowest BCUT2D eigenvalue weighted by Gasteiger charge is -2.52. The van der Waals surface area contributed by atoms with Crippen molar-refractivity contribution < 1.29 is 9.90 Å². The standard InChI is InChI=1S/C9H16N2O2/c1-10-6-9(7-10)2-4-11(5-3-9)8(12)13/h2-7H2,1H3,(H,12,13). The van der Waals surface area contributed by atoms with E-state index in [1.54, 1.807) is 0 Å². The average Bonchev–Trinajstić information content (AvgIpc) is 2.03. The van der Waals surface area contributed by atoms with Crippen molar-refractivity contribution in [3.8, 4) is 0 Å². The quantitative estimate of drug-likeness (QED) is 0.602. The van der Waals surface area contributed by atoms with Gasteiger partial charge in [-0.3, -0.25) is 0 Å². The molecular formula is C9H16N2O2. The van der Waals surface area contributed by atoms with Gasteiger partial charge in [0.25, 0.3) is 0 Å². The summed E-state index contributed by atoms with van der Waals surface area (Å²) in [4.78, 5) is 14.5. The molecule has 2 rings (SSSR count). The Morgan fingerprint density at radius 2 is 1.85 bits per heavy atom. The molecule has 0 atom stereocenters. The third kappa shape index (κ3) is 1.50. The lowest BCUT2D eigenvalue weighted by molar-refractivity contribution is -0.0272. The van der Waals surface area contributed by atoms with E-state index in [0.29, 0.717) is 5.41 Å². The summed E-state index contributed by atoms with van der Waals surface area (Å²) in [5.41, 5.74) is 0.459. The number of amides is 1. The van der Waals surface area contributed by atoms with E-state index in [1.165, 1.54) is 4.90 Å². The Kier molecular flexibility index (Phi) is 1.95. The van der Waals surface area contributed by atoms with E-state index >= 15 is 0 Å². The summed E-state index contributed by atoms with van der Waals surface area (Å²) in [6, 6.07) is 0. The zero-order chi connectivity index (χ0) is 9.47. The van der Waals surface area contributed by atoms with Gasteiger partial charge in [0.1, 0.15) is 0 Å². The van der Waals surface area contributed by atoms with Gasteiger partial charge in [0.2, 0.25) is 0 Å². The summed E-state index contributed by atoms with van der Waals surface area (Å²) in [5.74, 6) is 0. The molecule has 0 unspecified atom stereocenters. The molecule has 2 fully saturated rings. The van der Waals surface area contributed by atoms with Gasteiger partial charge in [-0.2, -0.15) is 0 Å². The van der Waals surface area contributed by atoms with Gasteiger partial charge in [-0.05, 0) is 25.3 Å². The summed E-state index contributed by atoms with van der Waals surface area (Å²) < 4.78 is 0. The third-order valence-electron chi connectivity index (χ3n) is 3.31. The number of carbonyl (C=O) groups is 1. The van der Waals surface area contributed by atoms with Crippen LogP contribution in [0, 0.1) is 5.41 Å². The normalized spacial score (nSPS) is 27.3. The maximum atomic E-state index is 10.7. The third-order valence-corrected chi connectivity index (χ3v) is 3.31. The minimum atomic E-state index is -0.762. The van der Waals surface area contributed by atoms with Crippen molar-refractivity contribution in [3.05, 3.63) is 0 Å². The van der Waals surface area contributed by atoms with E-state index in [1.807, 2.05) is 0 Å². The average molecular weight is 184 g/mol. The molecule has 0 aromatic carbocycles. The Bertz CT molecular complexity index is 214. The summed E-state index contributed by atoms with van der Waals surface area (Å²) in [5, 5.41) is 8.77. The Balaban J connectivity index is 1.86. The van der Waals surface area contributed by atoms with Crippen LogP contribution in [-0.4, -0.2) is 54.2 Å². The number of piperidine rings is 1. The summed E-state index contributed by atoms with van der Waals surface area (Å²) >= 11 is 0. The van der Waals surface area contributed by atoms with Crippen LogP contribution in [0.2, 0.25) is 0 Å². The molecule has 0 aliphatic carbocycles. The molecule has 1 amide bonds. The molecule has 2 heterocycles. The molecule has 1 N–H and O–H groups in total. The molecule has 13 heavy (non-hydrogen) atoms. The topological polar surface area (TPSA) is 43.8 Å². The molecule has 4 heteroatoms. The second kappa shape index (κ2) is 2.87. The Labute approximate surface area is 78.1 Å². The molecular weight excluding hydrogens is 168 g/mol. The van der Waals surface area contributed by atoms with Crippen LogP contribution in [0.3, 0.4) is 0 Å². The van der Waals surface area contributed by atoms with Crippen molar-refractivity contribution in [2.45, 2.75) is 12.8 Å². The van der Waals surface area contributed by atoms with Gasteiger partial charge in [0, 0.05) is 26.2 Å². The molecule has 0 aromatic rings. The van der Waals surface area contributed by atoms with Crippen LogP contribution >= 0.6 is 0 Å². The van der Waals surface area contributed by atoms with Crippen LogP contribution in [0.15, 0.2) is 0 Å². The van der Waals surface area contributed by atoms with Crippen molar-refractivity contribution in [2.24, 2.45) is 5.41 Å². The van der Waals surface area contributed by atoms with E-state index in [4.69, 9.17) is 5.11 Å². The summed E-state index contributed by atoms with van der Waals surface area (Å²) in [6.45, 7) is 3.76. The fraction of sp³-hybridized carbons (Fsp3) is 0.889. The van der Waals surface area contributed by atoms with Crippen LogP contribution < -0.4 is 0 Å². The molecule has 4 nitrogen and oxygen atoms in total. The lowest BCUT2D eigenvalue weighted by atomic mass is 9.72. The highest BCUT2D eigenvalue weighted by molar-refractivity contribution is 5.65. The smallest absolute Gasteiger partial charge is 0.407 e. The molecule has 0 aromatic heterocycles. The Morgan fingerprint density at radius 3 is 2.23 bits per heavy atom. The zero-order valence-corrected chi connectivity index (χ0v) is 7.99. The first-order chi connectivity index (χ1) is 6.11. The Morgan fingerprint density at radius 1 is 1.31 bits per heavy atom. The number of hydrogen-bond acceptors (Lipinski definition) is 2. The van der Waals surface area contributed by atoms with Gasteiger partial charge in [-0.25, -0.2) is 4.79 Å². The predicted octanol–water partition coefficient (Wildman–Crippen LogP) is 0.692. The number of hydrogen-bond donors (Lipinski definition) is 1. The van der Waals surface area contributed by atoms with Gasteiger partial charge in [0.15, 0.2) is 0 Å². The van der Waals surface area contributed by atoms with Crippen molar-refractivity contribution >= 4 is 6.09 Å². The van der Waals surface area contributed by atoms with Crippen molar-refractivity contribution in [2.75, 3.05) is 33.2 Å². The van der Waals surface area contributed by atoms with Crippen LogP contribution in [0.1, 0.15) is 12.8 Å². The molecule has 74 valence electrons. The fourth-order valence-electron chi connectivity index (χ4n) is 2.59. The van der Waals surface area contributed by atoms with E-state index < -0.39 is 6.09 Å². The minimum absolute atomic E-state index is 0.459. The van der Waals surface area contributed by atoms with E-state index in [9.17, 15) is 4.79 Å². The largest absolute Gasteiger partial charge is 0.465 e. The highest BCUT2D eigenvalue weighted by Crippen LogP contribution is 2.39. The maximum absolute atomic E-state index is 10.7. The maximum Gasteiger partial charge on any atom is 0.407 e. The van der Waals surface area contributed by atoms with Gasteiger partial charge >= 0.3 is 6.09 Å². The van der Waals surface area contributed by atoms with Crippen LogP contribution in [-0.2, 0) is 0 Å². The number of nitrogens with zero attached hydrogens (tertiary/aromatic N) is 2. The summed E-state index contributed by atoms with van der Waals surface area (Å²) in [6.07, 6.45) is 1.33. The number of rotatable bonds is 0. The van der Waals surface area contributed by atoms with Gasteiger partial charge in [0.05, 0.1) is 0 Å². The fourth-order valence-corrected chi connectivity index (χ4v) is 2.59. The first-order valence-electron chi connectivity index (χ1n) is 4.78. The van der Waals surface area contributed by atoms with Crippen LogP contribution in [0.5, 0.6) is 0 Å². The molecule has 2 aliphatic heterocycles. The van der Waals surface area contributed by atoms with Crippen molar-refractivity contribution in [1.82, 2.24) is 9.80 Å². The van der Waals surface area contributed by atoms with Crippen LogP contribution in [0.4, 0.5) is 4.79 Å². The van der Waals surface area contributed by atoms with E-state index in [0.717, 1.165) is 39.0 Å². The van der Waals surface area contributed by atoms with E-state index in [-0.39, 0.29) is 0 Å². The minimum Gasteiger partial charge on any atom is -0.465 e. The molecule has 0 saturated carbocycles. The van der Waals surface area contributed by atoms with Gasteiger partial charge < -0.3 is 14.9 Å². The summed E-state index contributed by atoms with van der Waals surface area (Å²) in [7, 11) is 2.12. The molecule has 2 aliphatic rings. The number of likely N-dealkylation sites (tertiary alicyclic amines) is 2. The van der Waals surface area contributed by atoms with Crippen LogP contribution in [0.25, 0.3) is 0 Å². The van der Waals surface area contributed by atoms with Gasteiger partial charge in [-0.1, -0.05) is 0 Å². The SMILES string of the molecule is CN1CC2(CCN(C(=O)O)CC2)C1. The Hall–Kier alpha value is -0.770. The van der Waals surface area contributed by atoms with Gasteiger partial charge in [-0.15, -0.1) is 0 Å². The molecule has 0 radical (unpaired) electrons. The van der Waals surface area contributed by atoms with Crippen molar-refractivity contribution in [1.29, 1.82) is 0 Å². The highest BCUT2D eigenvalue weighted by atomic mass is 16.4. The molecule has 1 spiro atoms. The van der Waals surface area contributed by atoms with Crippen molar-refractivity contribution in [3.63, 3.8) is 0 Å². The van der Waals surface area contributed by atoms with E-state index in [2.05, 4.69) is 11.9 Å². The lowest BCUT2D eigenvalue weighted by Crippen LogP contribution is -2.59. The zero-order valence-electron chi connectivity index (χ0n) is 7.99. The number of carboxylic acid groups (broad SMARTS) is 1. The second-order valence-electron chi connectivity index (χ2n) is 4.44.